The van der Waals surface area contributed by atoms with Gasteiger partial charge < -0.3 is 14.4 Å². The van der Waals surface area contributed by atoms with Gasteiger partial charge in [0.2, 0.25) is 6.10 Å². The number of benzene rings is 1. The zero-order chi connectivity index (χ0) is 16.3. The van der Waals surface area contributed by atoms with Crippen LogP contribution in [0.5, 0.6) is 0 Å². The van der Waals surface area contributed by atoms with Crippen molar-refractivity contribution in [3.8, 4) is 0 Å². The molecule has 2 rings (SSSR count). The van der Waals surface area contributed by atoms with E-state index in [1.165, 1.54) is 6.08 Å². The first-order valence-electron chi connectivity index (χ1n) is 7.12. The van der Waals surface area contributed by atoms with Crippen LogP contribution in [-0.4, -0.2) is 38.7 Å². The second kappa shape index (κ2) is 6.22. The normalized spacial score (nSPS) is 20.0. The summed E-state index contributed by atoms with van der Waals surface area (Å²) in [4.78, 5) is 25.4. The van der Waals surface area contributed by atoms with Gasteiger partial charge in [-0.3, -0.25) is 0 Å². The summed E-state index contributed by atoms with van der Waals surface area (Å²) in [6.45, 7) is 3.93. The van der Waals surface area contributed by atoms with E-state index in [-0.39, 0.29) is 6.61 Å². The molecular formula is C17H21NO4. The van der Waals surface area contributed by atoms with E-state index in [1.807, 2.05) is 57.1 Å². The summed E-state index contributed by atoms with van der Waals surface area (Å²) in [6.07, 6.45) is 2.14. The number of ether oxygens (including phenoxy) is 2. The number of carbonyl (C=O) groups is 2. The Morgan fingerprint density at radius 3 is 2.45 bits per heavy atom. The molecule has 0 saturated carbocycles. The molecule has 1 fully saturated rings. The lowest BCUT2D eigenvalue weighted by molar-refractivity contribution is -0.159. The maximum absolute atomic E-state index is 11.9. The molecule has 0 amide bonds. The highest BCUT2D eigenvalue weighted by Crippen LogP contribution is 2.31. The molecule has 0 radical (unpaired) electrons. The van der Waals surface area contributed by atoms with Crippen LogP contribution in [0.15, 0.2) is 30.3 Å². The Morgan fingerprint density at radius 1 is 1.32 bits per heavy atom. The van der Waals surface area contributed by atoms with Crippen molar-refractivity contribution in [2.45, 2.75) is 20.0 Å². The molecule has 0 bridgehead atoms. The third-order valence-electron chi connectivity index (χ3n) is 3.57. The van der Waals surface area contributed by atoms with Gasteiger partial charge in [0.1, 0.15) is 6.61 Å². The molecule has 1 atom stereocenters. The van der Waals surface area contributed by atoms with Gasteiger partial charge in [-0.25, -0.2) is 9.59 Å². The lowest BCUT2D eigenvalue weighted by atomic mass is 9.90. The summed E-state index contributed by atoms with van der Waals surface area (Å²) in [5, 5.41) is 0. The van der Waals surface area contributed by atoms with Crippen LogP contribution in [0.2, 0.25) is 0 Å². The van der Waals surface area contributed by atoms with Gasteiger partial charge in [0.05, 0.1) is 0 Å². The monoisotopic (exact) mass is 303 g/mol. The topological polar surface area (TPSA) is 55.8 Å². The van der Waals surface area contributed by atoms with Crippen LogP contribution in [0.4, 0.5) is 5.69 Å². The largest absolute Gasteiger partial charge is 0.462 e. The molecule has 22 heavy (non-hydrogen) atoms. The van der Waals surface area contributed by atoms with Crippen LogP contribution in [0, 0.1) is 5.41 Å². The van der Waals surface area contributed by atoms with Crippen molar-refractivity contribution < 1.29 is 19.1 Å². The number of nitrogens with zero attached hydrogens (tertiary/aromatic N) is 1. The molecule has 5 nitrogen and oxygen atoms in total. The fraction of sp³-hybridized carbons (Fsp3) is 0.412. The molecule has 1 aliphatic heterocycles. The fourth-order valence-electron chi connectivity index (χ4n) is 2.14. The van der Waals surface area contributed by atoms with Crippen LogP contribution in [0.3, 0.4) is 0 Å². The minimum absolute atomic E-state index is 0.263. The zero-order valence-corrected chi connectivity index (χ0v) is 13.3. The number of esters is 2. The van der Waals surface area contributed by atoms with Crippen molar-refractivity contribution in [1.29, 1.82) is 0 Å². The average molecular weight is 303 g/mol. The molecule has 1 saturated heterocycles. The van der Waals surface area contributed by atoms with E-state index in [4.69, 9.17) is 9.47 Å². The van der Waals surface area contributed by atoms with Crippen LogP contribution in [0.25, 0.3) is 6.08 Å². The Labute approximate surface area is 130 Å². The SMILES string of the molecule is CN(C)c1ccc(C=CC(=O)O[C@H]2C(=O)OCC2(C)C)cc1. The Hall–Kier alpha value is -2.30. The number of hydrogen-bond acceptors (Lipinski definition) is 5. The number of anilines is 1. The minimum atomic E-state index is -0.847. The number of rotatable bonds is 4. The predicted octanol–water partition coefficient (Wildman–Crippen LogP) is 2.26. The molecule has 1 heterocycles. The first-order chi connectivity index (χ1) is 10.3. The Balaban J connectivity index is 1.98. The lowest BCUT2D eigenvalue weighted by Gasteiger charge is -2.20. The van der Waals surface area contributed by atoms with Crippen LogP contribution in [0.1, 0.15) is 19.4 Å². The van der Waals surface area contributed by atoms with Crippen molar-refractivity contribution in [3.05, 3.63) is 35.9 Å². The molecule has 0 N–H and O–H groups in total. The van der Waals surface area contributed by atoms with E-state index in [0.29, 0.717) is 0 Å². The summed E-state index contributed by atoms with van der Waals surface area (Å²) in [7, 11) is 3.93. The molecule has 0 aromatic heterocycles. The Bertz CT molecular complexity index is 587. The van der Waals surface area contributed by atoms with Crippen molar-refractivity contribution in [2.24, 2.45) is 5.41 Å². The second-order valence-electron chi connectivity index (χ2n) is 6.23. The first-order valence-corrected chi connectivity index (χ1v) is 7.12. The Morgan fingerprint density at radius 2 is 1.95 bits per heavy atom. The van der Waals surface area contributed by atoms with Crippen molar-refractivity contribution in [2.75, 3.05) is 25.6 Å². The van der Waals surface area contributed by atoms with Gasteiger partial charge in [0, 0.05) is 31.3 Å². The van der Waals surface area contributed by atoms with Gasteiger partial charge in [0.15, 0.2) is 0 Å². The lowest BCUT2D eigenvalue weighted by Crippen LogP contribution is -2.34. The second-order valence-corrected chi connectivity index (χ2v) is 6.23. The third kappa shape index (κ3) is 3.67. The summed E-state index contributed by atoms with van der Waals surface area (Å²) < 4.78 is 10.1. The molecular weight excluding hydrogens is 282 g/mol. The summed E-state index contributed by atoms with van der Waals surface area (Å²) in [5.41, 5.74) is 1.47. The van der Waals surface area contributed by atoms with Gasteiger partial charge in [-0.2, -0.15) is 0 Å². The van der Waals surface area contributed by atoms with E-state index in [9.17, 15) is 9.59 Å². The molecule has 1 aliphatic rings. The predicted molar refractivity (Wildman–Crippen MR) is 84.4 cm³/mol. The minimum Gasteiger partial charge on any atom is -0.462 e. The van der Waals surface area contributed by atoms with Crippen LogP contribution >= 0.6 is 0 Å². The highest BCUT2D eigenvalue weighted by atomic mass is 16.6. The molecule has 1 aromatic rings. The van der Waals surface area contributed by atoms with Gasteiger partial charge >= 0.3 is 11.9 Å². The zero-order valence-electron chi connectivity index (χ0n) is 13.3. The fourth-order valence-corrected chi connectivity index (χ4v) is 2.14. The van der Waals surface area contributed by atoms with E-state index in [0.717, 1.165) is 11.3 Å². The quantitative estimate of drug-likeness (QED) is 0.631. The summed E-state index contributed by atoms with van der Waals surface area (Å²) >= 11 is 0. The standard InChI is InChI=1S/C17H21NO4/c1-17(2)11-21-16(20)15(17)22-14(19)10-7-12-5-8-13(9-6-12)18(3)4/h5-10,15H,11H2,1-4H3/t15-/m0/s1. The van der Waals surface area contributed by atoms with E-state index in [2.05, 4.69) is 0 Å². The van der Waals surface area contributed by atoms with Crippen LogP contribution in [-0.2, 0) is 19.1 Å². The van der Waals surface area contributed by atoms with Gasteiger partial charge in [-0.15, -0.1) is 0 Å². The maximum atomic E-state index is 11.9. The smallest absolute Gasteiger partial charge is 0.348 e. The molecule has 0 spiro atoms. The van der Waals surface area contributed by atoms with E-state index in [1.54, 1.807) is 6.08 Å². The van der Waals surface area contributed by atoms with Crippen LogP contribution < -0.4 is 4.90 Å². The van der Waals surface area contributed by atoms with E-state index >= 15 is 0 Å². The van der Waals surface area contributed by atoms with E-state index < -0.39 is 23.5 Å². The molecule has 118 valence electrons. The van der Waals surface area contributed by atoms with Crippen molar-refractivity contribution >= 4 is 23.7 Å². The van der Waals surface area contributed by atoms with Gasteiger partial charge in [0.25, 0.3) is 0 Å². The Kier molecular flexibility index (Phi) is 4.54. The van der Waals surface area contributed by atoms with Gasteiger partial charge in [-0.1, -0.05) is 26.0 Å². The number of cyclic esters (lactones) is 1. The maximum Gasteiger partial charge on any atom is 0.348 e. The van der Waals surface area contributed by atoms with Crippen molar-refractivity contribution in [1.82, 2.24) is 0 Å². The third-order valence-corrected chi connectivity index (χ3v) is 3.57. The highest BCUT2D eigenvalue weighted by Gasteiger charge is 2.46. The number of hydrogen-bond donors (Lipinski definition) is 0. The summed E-state index contributed by atoms with van der Waals surface area (Å²) in [6, 6.07) is 7.74. The molecule has 0 unspecified atom stereocenters. The molecule has 0 aliphatic carbocycles. The molecule has 1 aromatic carbocycles. The average Bonchev–Trinajstić information content (AvgIpc) is 2.72. The number of carbonyl (C=O) groups excluding carboxylic acids is 2. The van der Waals surface area contributed by atoms with Gasteiger partial charge in [-0.05, 0) is 23.8 Å². The van der Waals surface area contributed by atoms with Crippen molar-refractivity contribution in [3.63, 3.8) is 0 Å². The highest BCUT2D eigenvalue weighted by molar-refractivity contribution is 5.90. The summed E-state index contributed by atoms with van der Waals surface area (Å²) in [5.74, 6) is -1.03. The molecule has 5 heteroatoms. The first kappa shape index (κ1) is 16.1.